The van der Waals surface area contributed by atoms with Gasteiger partial charge in [-0.25, -0.2) is 4.79 Å². The van der Waals surface area contributed by atoms with Crippen molar-refractivity contribution in [2.24, 2.45) is 17.4 Å². The van der Waals surface area contributed by atoms with Crippen LogP contribution in [0.3, 0.4) is 0 Å². The summed E-state index contributed by atoms with van der Waals surface area (Å²) in [6.07, 6.45) is -23.0. The number of benzene rings is 7. The number of rotatable bonds is 20. The lowest BCUT2D eigenvalue weighted by atomic mass is 9.84. The molecule has 3 fully saturated rings. The van der Waals surface area contributed by atoms with Crippen molar-refractivity contribution in [3.8, 4) is 68.6 Å². The number of primary amides is 1. The molecule has 3 saturated heterocycles. The van der Waals surface area contributed by atoms with E-state index in [0.717, 1.165) is 54.1 Å². The molecule has 0 radical (unpaired) electrons. The topological polar surface area (TPSA) is 570 Å². The zero-order chi connectivity index (χ0) is 90.1. The van der Waals surface area contributed by atoms with Crippen LogP contribution in [0.2, 0.25) is 10.0 Å². The van der Waals surface area contributed by atoms with Crippen LogP contribution in [0.15, 0.2) is 133 Å². The molecule has 15 rings (SSSR count). The maximum atomic E-state index is 16.6. The molecule has 8 heterocycles. The van der Waals surface area contributed by atoms with Gasteiger partial charge in [-0.1, -0.05) is 85.6 Å². The first-order valence-corrected chi connectivity index (χ1v) is 40.9. The van der Waals surface area contributed by atoms with Gasteiger partial charge < -0.3 is 148 Å². The van der Waals surface area contributed by atoms with Crippen LogP contribution in [0.5, 0.6) is 57.5 Å². The van der Waals surface area contributed by atoms with Crippen LogP contribution < -0.4 is 72.9 Å². The van der Waals surface area contributed by atoms with Crippen LogP contribution in [-0.4, -0.2) is 215 Å². The number of likely N-dealkylation sites (N-methyl/N-ethyl adjacent to an activating group) is 1. The zero-order valence-corrected chi connectivity index (χ0v) is 69.9. The highest BCUT2D eigenvalue weighted by molar-refractivity contribution is 6.32. The Morgan fingerprint density at radius 2 is 1.25 bits per heavy atom. The number of carbonyl (C=O) groups excluding carboxylic acids is 7. The number of amides is 7. The third kappa shape index (κ3) is 20.3. The molecule has 7 amide bonds. The second-order valence-electron chi connectivity index (χ2n) is 32.6. The standard InChI is InChI=1S/C86H98Cl2N10O27/c1-36(2)23-51(91-7)77(109)97-67-69(104)41-16-21-55(49(87)25-41)120-57-27-43-28-58(73(57)125-84-74(71(106)70(105)59(35-99)122-84)124-62-33-86(6,76(108)38(4)118-62)92-34-39-13-18-46(19-14-39)119-45-11-9-8-10-12-45)121-56-22-17-42(26-50(56)88)72(123-61-32-85(5,90)75(107)37(3)117-61)68-82(114)96-66(83(115)116)48-29-44(100)30-54(102)63(48)47-24-40(15-20-53(47)101)64(79(111)98-68)95-80(112)65(43)94-78(110)52(31-60(89)103)93-81(67)113/h8-22,24-30,36-38,51-52,59,61-62,64-72,74-76,84,91-92,99-102,104-108H,23,31-35,90H2,1-7H3,(H2,89,103)(H,93,113)(H,94,110)(H,95,112)(H,96,114)(H,97,109)(H,98,111)(H,115,116)/t37-,38-,51+,52-,59+,61-,62-,64+,65+,66-,67+,68-,69+,70+,71-,72+,74+,75-,76-,84-,85-,86-/m0/s1. The van der Waals surface area contributed by atoms with Crippen LogP contribution in [0.25, 0.3) is 11.1 Å². The number of aromatic hydroxyl groups is 3. The Morgan fingerprint density at radius 1 is 0.640 bits per heavy atom. The molecule has 7 aromatic rings. The lowest BCUT2D eigenvalue weighted by Gasteiger charge is -2.48. The monoisotopic (exact) mass is 1770 g/mol. The third-order valence-electron chi connectivity index (χ3n) is 22.7. The summed E-state index contributed by atoms with van der Waals surface area (Å²) in [5.74, 6) is -15.0. The smallest absolute Gasteiger partial charge is 0.330 e. The predicted octanol–water partition coefficient (Wildman–Crippen LogP) is 3.97. The Labute approximate surface area is 725 Å². The van der Waals surface area contributed by atoms with Gasteiger partial charge in [-0.05, 0) is 154 Å². The molecule has 0 unspecified atom stereocenters. The number of phenols is 3. The third-order valence-corrected chi connectivity index (χ3v) is 23.3. The maximum absolute atomic E-state index is 16.6. The molecule has 11 bridgehead atoms. The van der Waals surface area contributed by atoms with E-state index >= 15 is 24.0 Å². The van der Waals surface area contributed by atoms with Crippen molar-refractivity contribution < 1.29 is 132 Å². The van der Waals surface area contributed by atoms with Crippen molar-refractivity contribution in [2.75, 3.05) is 13.7 Å². The van der Waals surface area contributed by atoms with Crippen molar-refractivity contribution >= 4 is 70.5 Å². The minimum Gasteiger partial charge on any atom is -0.508 e. The number of carbonyl (C=O) groups is 8. The van der Waals surface area contributed by atoms with Gasteiger partial charge in [-0.2, -0.15) is 0 Å². The van der Waals surface area contributed by atoms with Gasteiger partial charge in [0.1, 0.15) is 101 Å². The Morgan fingerprint density at radius 3 is 1.87 bits per heavy atom. The number of nitrogens with one attached hydrogen (secondary N) is 8. The van der Waals surface area contributed by atoms with Gasteiger partial charge in [0.15, 0.2) is 36.2 Å². The van der Waals surface area contributed by atoms with Crippen LogP contribution in [0, 0.1) is 5.92 Å². The molecule has 0 aliphatic carbocycles. The Bertz CT molecular complexity index is 5210. The van der Waals surface area contributed by atoms with Crippen LogP contribution in [0.4, 0.5) is 0 Å². The summed E-state index contributed by atoms with van der Waals surface area (Å²) in [4.78, 5) is 121. The van der Waals surface area contributed by atoms with Crippen molar-refractivity contribution in [3.63, 3.8) is 0 Å². The zero-order valence-electron chi connectivity index (χ0n) is 68.4. The van der Waals surface area contributed by atoms with Gasteiger partial charge in [0.05, 0.1) is 53.5 Å². The van der Waals surface area contributed by atoms with Gasteiger partial charge in [0.25, 0.3) is 0 Å². The lowest BCUT2D eigenvalue weighted by molar-refractivity contribution is -0.334. The largest absolute Gasteiger partial charge is 0.508 e. The van der Waals surface area contributed by atoms with E-state index in [-0.39, 0.29) is 59.2 Å². The van der Waals surface area contributed by atoms with Crippen LogP contribution in [0.1, 0.15) is 131 Å². The number of hydrogen-bond donors (Lipinski definition) is 20. The van der Waals surface area contributed by atoms with Crippen LogP contribution in [-0.2, 0) is 68.6 Å². The van der Waals surface area contributed by atoms with Crippen molar-refractivity contribution in [2.45, 2.75) is 207 Å². The van der Waals surface area contributed by atoms with E-state index in [4.69, 9.17) is 77.3 Å². The van der Waals surface area contributed by atoms with Gasteiger partial charge in [0, 0.05) is 53.2 Å². The average Bonchev–Trinajstić information content (AvgIpc) is 0.756. The molecule has 0 saturated carbocycles. The number of aliphatic hydroxyl groups excluding tert-OH is 6. The van der Waals surface area contributed by atoms with Crippen LogP contribution >= 0.6 is 23.2 Å². The van der Waals surface area contributed by atoms with E-state index in [1.54, 1.807) is 38.1 Å². The highest BCUT2D eigenvalue weighted by Crippen LogP contribution is 2.51. The summed E-state index contributed by atoms with van der Waals surface area (Å²) in [7, 11) is 1.48. The SMILES string of the molecule is CN[C@H](CC(C)C)C(=O)N[C@H]1C(=O)N[C@@H](CC(N)=O)C(=O)N[C@H]2C(=O)N[C@H]3C(=O)N[C@H](C(=O)N[C@H](C(=O)O)c4cc(O)cc(O)c4-c4cc3ccc4O)[C@H](O[C@H]3C[C@](C)(N)[C@@H](O)[C@H](C)O3)c3ccc(c(Cl)c3)Oc3cc2cc(c3O[C@@H]2O[C@H](CO)[C@@H](O)[C@H](O)[C@H]2O[C@H]2C[C@](C)(NCc3ccc(Oc4ccccc4)cc3)[C@@H](O)[C@H](C)O2)Oc2ccc(cc2Cl)[C@H]1O. The predicted molar refractivity (Wildman–Crippen MR) is 441 cm³/mol. The molecule has 8 aliphatic rings. The first-order chi connectivity index (χ1) is 59.3. The molecular weight excluding hydrogens is 1680 g/mol. The Balaban J connectivity index is 1.01. The number of fused-ring (bicyclic) bond motifs is 15. The minimum absolute atomic E-state index is 0.119. The van der Waals surface area contributed by atoms with Crippen molar-refractivity contribution in [3.05, 3.63) is 177 Å². The van der Waals surface area contributed by atoms with Crippen molar-refractivity contribution in [1.82, 2.24) is 42.5 Å². The highest BCUT2D eigenvalue weighted by Gasteiger charge is 2.53. The summed E-state index contributed by atoms with van der Waals surface area (Å²) in [5, 5.41) is 137. The molecule has 22 atom stereocenters. The fourth-order valence-corrected chi connectivity index (χ4v) is 16.5. The molecule has 125 heavy (non-hydrogen) atoms. The van der Waals surface area contributed by atoms with Gasteiger partial charge >= 0.3 is 5.97 Å². The molecule has 668 valence electrons. The number of aliphatic hydroxyl groups is 6. The second kappa shape index (κ2) is 38.0. The summed E-state index contributed by atoms with van der Waals surface area (Å²) in [6, 6.07) is 15.9. The number of aliphatic carboxylic acids is 1. The lowest BCUT2D eigenvalue weighted by Crippen LogP contribution is -2.65. The maximum Gasteiger partial charge on any atom is 0.330 e. The molecule has 0 aromatic heterocycles. The first kappa shape index (κ1) is 91.6. The normalized spacial score (nSPS) is 29.7. The molecule has 7 aromatic carbocycles. The molecular formula is C86H98Cl2N10O27. The van der Waals surface area contributed by atoms with E-state index < -0.39 is 261 Å². The first-order valence-electron chi connectivity index (χ1n) is 40.1. The van der Waals surface area contributed by atoms with E-state index in [2.05, 4.69) is 42.5 Å². The van der Waals surface area contributed by atoms with E-state index in [9.17, 15) is 65.4 Å². The summed E-state index contributed by atoms with van der Waals surface area (Å²) < 4.78 is 58.9. The molecule has 0 spiro atoms. The van der Waals surface area contributed by atoms with E-state index in [1.807, 2.05) is 44.2 Å². The summed E-state index contributed by atoms with van der Waals surface area (Å²) in [5.41, 5.74) is 7.73. The average molecular weight is 1770 g/mol. The quantitative estimate of drug-likeness (QED) is 0.0513. The number of halogens is 2. The second-order valence-corrected chi connectivity index (χ2v) is 33.4. The molecule has 39 heteroatoms. The van der Waals surface area contributed by atoms with E-state index in [1.165, 1.54) is 51.2 Å². The Hall–Kier alpha value is -11.1. The fourth-order valence-electron chi connectivity index (χ4n) is 16.0. The number of phenolic OH excluding ortho intramolecular Hbond substituents is 3. The van der Waals surface area contributed by atoms with Gasteiger partial charge in [-0.3, -0.25) is 33.6 Å². The molecule has 8 aliphatic heterocycles. The number of nitrogens with two attached hydrogens (primary N) is 2. The summed E-state index contributed by atoms with van der Waals surface area (Å²) in [6.45, 7) is 9.02. The number of para-hydroxylation sites is 1. The fraction of sp³-hybridized carbons (Fsp3) is 0.419. The van der Waals surface area contributed by atoms with E-state index in [0.29, 0.717) is 11.5 Å². The van der Waals surface area contributed by atoms with Crippen molar-refractivity contribution in [1.29, 1.82) is 0 Å². The Kier molecular flexibility index (Phi) is 27.9. The number of ether oxygens (including phenoxy) is 9. The molecule has 22 N–H and O–H groups in total. The highest BCUT2D eigenvalue weighted by atomic mass is 35.5. The number of carboxylic acids is 1. The summed E-state index contributed by atoms with van der Waals surface area (Å²) >= 11 is 14.7. The molecule has 37 nitrogen and oxygen atoms in total. The number of carboxylic acid groups (broad SMARTS) is 1. The number of hydrogen-bond acceptors (Lipinski definition) is 29. The van der Waals surface area contributed by atoms with Gasteiger partial charge in [0.2, 0.25) is 53.4 Å². The minimum atomic E-state index is -2.40. The van der Waals surface area contributed by atoms with Gasteiger partial charge in [-0.15, -0.1) is 0 Å².